The smallest absolute Gasteiger partial charge is 0.201 e. The lowest BCUT2D eigenvalue weighted by molar-refractivity contribution is 0.825. The number of aromatic nitrogens is 2. The number of nitrogens with two attached hydrogens (primary N) is 1. The minimum absolute atomic E-state index is 0.521. The summed E-state index contributed by atoms with van der Waals surface area (Å²) in [7, 11) is 0. The van der Waals surface area contributed by atoms with E-state index in [-0.39, 0.29) is 0 Å². The molecular formula is C16H16ClN3. The van der Waals surface area contributed by atoms with Crippen molar-refractivity contribution in [1.82, 2.24) is 9.55 Å². The molecule has 2 aromatic carbocycles. The molecule has 3 rings (SSSR count). The molecule has 102 valence electrons. The zero-order valence-electron chi connectivity index (χ0n) is 11.3. The van der Waals surface area contributed by atoms with Gasteiger partial charge in [0.15, 0.2) is 0 Å². The van der Waals surface area contributed by atoms with Gasteiger partial charge >= 0.3 is 0 Å². The molecule has 0 unspecified atom stereocenters. The van der Waals surface area contributed by atoms with Gasteiger partial charge in [0.1, 0.15) is 0 Å². The van der Waals surface area contributed by atoms with Crippen molar-refractivity contribution in [1.29, 1.82) is 0 Å². The minimum atomic E-state index is 0.521. The highest BCUT2D eigenvalue weighted by atomic mass is 35.5. The van der Waals surface area contributed by atoms with Crippen LogP contribution in [0, 0.1) is 0 Å². The molecule has 0 saturated heterocycles. The van der Waals surface area contributed by atoms with Crippen LogP contribution in [0.1, 0.15) is 18.1 Å². The van der Waals surface area contributed by atoms with Crippen molar-refractivity contribution in [2.45, 2.75) is 19.9 Å². The first-order chi connectivity index (χ1) is 9.69. The Hall–Kier alpha value is -2.00. The summed E-state index contributed by atoms with van der Waals surface area (Å²) in [6.45, 7) is 2.89. The minimum Gasteiger partial charge on any atom is -0.369 e. The third kappa shape index (κ3) is 2.25. The van der Waals surface area contributed by atoms with Crippen LogP contribution in [0.2, 0.25) is 5.02 Å². The molecule has 1 heterocycles. The van der Waals surface area contributed by atoms with Gasteiger partial charge in [-0.15, -0.1) is 0 Å². The number of fused-ring (bicyclic) bond motifs is 1. The van der Waals surface area contributed by atoms with E-state index >= 15 is 0 Å². The molecule has 0 bridgehead atoms. The van der Waals surface area contributed by atoms with Crippen LogP contribution in [0.25, 0.3) is 11.0 Å². The van der Waals surface area contributed by atoms with Gasteiger partial charge < -0.3 is 10.3 Å². The molecule has 0 aliphatic heterocycles. The zero-order valence-corrected chi connectivity index (χ0v) is 12.1. The van der Waals surface area contributed by atoms with Crippen LogP contribution in [0.5, 0.6) is 0 Å². The molecule has 3 aromatic rings. The van der Waals surface area contributed by atoms with Crippen LogP contribution in [-0.2, 0) is 13.0 Å². The molecule has 0 spiro atoms. The van der Waals surface area contributed by atoms with Gasteiger partial charge in [0, 0.05) is 5.02 Å². The quantitative estimate of drug-likeness (QED) is 0.793. The predicted molar refractivity (Wildman–Crippen MR) is 84.1 cm³/mol. The molecule has 3 nitrogen and oxygen atoms in total. The molecule has 0 aliphatic rings. The van der Waals surface area contributed by atoms with Crippen LogP contribution >= 0.6 is 11.6 Å². The Kier molecular flexibility index (Phi) is 3.36. The average Bonchev–Trinajstić information content (AvgIpc) is 2.75. The van der Waals surface area contributed by atoms with E-state index in [1.54, 1.807) is 0 Å². The Morgan fingerprint density at radius 2 is 1.90 bits per heavy atom. The first-order valence-corrected chi connectivity index (χ1v) is 7.05. The fraction of sp³-hybridized carbons (Fsp3) is 0.188. The summed E-state index contributed by atoms with van der Waals surface area (Å²) in [5, 5.41) is 0.677. The van der Waals surface area contributed by atoms with Gasteiger partial charge in [0.25, 0.3) is 0 Å². The summed E-state index contributed by atoms with van der Waals surface area (Å²) < 4.78 is 2.03. The van der Waals surface area contributed by atoms with Gasteiger partial charge in [0.2, 0.25) is 5.95 Å². The Bertz CT molecular complexity index is 762. The van der Waals surface area contributed by atoms with Crippen LogP contribution in [-0.4, -0.2) is 9.55 Å². The van der Waals surface area contributed by atoms with Gasteiger partial charge in [-0.1, -0.05) is 42.8 Å². The van der Waals surface area contributed by atoms with Gasteiger partial charge in [-0.3, -0.25) is 0 Å². The Morgan fingerprint density at radius 1 is 1.15 bits per heavy atom. The van der Waals surface area contributed by atoms with E-state index in [1.807, 2.05) is 22.8 Å². The zero-order chi connectivity index (χ0) is 14.1. The summed E-state index contributed by atoms with van der Waals surface area (Å²) in [6.07, 6.45) is 1.01. The molecule has 2 N–H and O–H groups in total. The van der Waals surface area contributed by atoms with E-state index in [2.05, 4.69) is 36.2 Å². The molecule has 0 aliphatic carbocycles. The summed E-state index contributed by atoms with van der Waals surface area (Å²) in [4.78, 5) is 4.38. The fourth-order valence-corrected chi connectivity index (χ4v) is 2.68. The average molecular weight is 286 g/mol. The van der Waals surface area contributed by atoms with E-state index < -0.39 is 0 Å². The standard InChI is InChI=1S/C16H16ClN3/c1-2-11-5-3-4-6-12(11)10-20-15-8-7-13(17)9-14(15)19-16(20)18/h3-9H,2,10H2,1H3,(H2,18,19). The first-order valence-electron chi connectivity index (χ1n) is 6.67. The third-order valence-electron chi connectivity index (χ3n) is 3.57. The third-order valence-corrected chi connectivity index (χ3v) is 3.80. The monoisotopic (exact) mass is 285 g/mol. The summed E-state index contributed by atoms with van der Waals surface area (Å²) in [5.41, 5.74) is 10.5. The molecule has 1 aromatic heterocycles. The summed E-state index contributed by atoms with van der Waals surface area (Å²) in [5.74, 6) is 0.521. The molecule has 4 heteroatoms. The molecular weight excluding hydrogens is 270 g/mol. The van der Waals surface area contributed by atoms with E-state index in [1.165, 1.54) is 11.1 Å². The second-order valence-electron chi connectivity index (χ2n) is 4.81. The van der Waals surface area contributed by atoms with Crippen molar-refractivity contribution in [3.8, 4) is 0 Å². The second-order valence-corrected chi connectivity index (χ2v) is 5.25. The first kappa shape index (κ1) is 13.0. The summed E-state index contributed by atoms with van der Waals surface area (Å²) >= 11 is 6.00. The van der Waals surface area contributed by atoms with Gasteiger partial charge in [-0.2, -0.15) is 0 Å². The second kappa shape index (κ2) is 5.17. The maximum Gasteiger partial charge on any atom is 0.201 e. The Balaban J connectivity index is 2.08. The Labute approximate surface area is 123 Å². The van der Waals surface area contributed by atoms with Gasteiger partial charge in [-0.25, -0.2) is 4.98 Å². The number of nitrogens with zero attached hydrogens (tertiary/aromatic N) is 2. The number of halogens is 1. The SMILES string of the molecule is CCc1ccccc1Cn1c(N)nc2cc(Cl)ccc21. The van der Waals surface area contributed by atoms with Crippen LogP contribution in [0.15, 0.2) is 42.5 Å². The van der Waals surface area contributed by atoms with E-state index in [4.69, 9.17) is 17.3 Å². The van der Waals surface area contributed by atoms with Crippen molar-refractivity contribution in [2.24, 2.45) is 0 Å². The Morgan fingerprint density at radius 3 is 2.65 bits per heavy atom. The van der Waals surface area contributed by atoms with E-state index in [0.717, 1.165) is 24.0 Å². The van der Waals surface area contributed by atoms with Crippen molar-refractivity contribution in [3.05, 3.63) is 58.6 Å². The maximum absolute atomic E-state index is 6.05. The van der Waals surface area contributed by atoms with Crippen molar-refractivity contribution in [3.63, 3.8) is 0 Å². The molecule has 0 saturated carbocycles. The summed E-state index contributed by atoms with van der Waals surface area (Å²) in [6, 6.07) is 14.1. The lowest BCUT2D eigenvalue weighted by Crippen LogP contribution is -2.06. The number of nitrogen functional groups attached to an aromatic ring is 1. The lowest BCUT2D eigenvalue weighted by Gasteiger charge is -2.10. The highest BCUT2D eigenvalue weighted by Gasteiger charge is 2.10. The largest absolute Gasteiger partial charge is 0.369 e. The highest BCUT2D eigenvalue weighted by molar-refractivity contribution is 6.31. The molecule has 0 radical (unpaired) electrons. The number of anilines is 1. The van der Waals surface area contributed by atoms with Crippen molar-refractivity contribution in [2.75, 3.05) is 5.73 Å². The highest BCUT2D eigenvalue weighted by Crippen LogP contribution is 2.23. The lowest BCUT2D eigenvalue weighted by atomic mass is 10.1. The van der Waals surface area contributed by atoms with Gasteiger partial charge in [0.05, 0.1) is 17.6 Å². The van der Waals surface area contributed by atoms with Crippen molar-refractivity contribution < 1.29 is 0 Å². The van der Waals surface area contributed by atoms with Crippen molar-refractivity contribution >= 4 is 28.6 Å². The number of imidazole rings is 1. The number of benzene rings is 2. The molecule has 20 heavy (non-hydrogen) atoms. The van der Waals surface area contributed by atoms with E-state index in [0.29, 0.717) is 11.0 Å². The van der Waals surface area contributed by atoms with Gasteiger partial charge in [-0.05, 0) is 35.7 Å². The number of rotatable bonds is 3. The number of hydrogen-bond donors (Lipinski definition) is 1. The molecule has 0 amide bonds. The molecule has 0 fully saturated rings. The van der Waals surface area contributed by atoms with Crippen LogP contribution in [0.3, 0.4) is 0 Å². The maximum atomic E-state index is 6.05. The van der Waals surface area contributed by atoms with E-state index in [9.17, 15) is 0 Å². The topological polar surface area (TPSA) is 43.8 Å². The predicted octanol–water partition coefficient (Wildman–Crippen LogP) is 3.88. The normalized spacial score (nSPS) is 11.1. The molecule has 0 atom stereocenters. The van der Waals surface area contributed by atoms with Crippen LogP contribution < -0.4 is 5.73 Å². The number of hydrogen-bond acceptors (Lipinski definition) is 2. The van der Waals surface area contributed by atoms with Crippen LogP contribution in [0.4, 0.5) is 5.95 Å². The number of aryl methyl sites for hydroxylation is 1. The fourth-order valence-electron chi connectivity index (χ4n) is 2.51.